The maximum Gasteiger partial charge on any atom is 0.393 e. The second kappa shape index (κ2) is 5.84. The smallest absolute Gasteiger partial charge is 0.389 e. The Bertz CT molecular complexity index is 731. The van der Waals surface area contributed by atoms with Gasteiger partial charge in [0.25, 0.3) is 9.84 Å². The molecule has 0 saturated carbocycles. The number of benzene rings is 1. The van der Waals surface area contributed by atoms with E-state index >= 15 is 0 Å². The normalized spacial score (nSPS) is 18.8. The molecule has 9 heteroatoms. The number of rotatable bonds is 3. The molecule has 0 bridgehead atoms. The number of hydrogen-bond donors (Lipinski definition) is 0. The van der Waals surface area contributed by atoms with Crippen molar-refractivity contribution < 1.29 is 22.0 Å². The van der Waals surface area contributed by atoms with E-state index in [1.54, 1.807) is 19.9 Å². The molecular weight excluding hydrogens is 429 g/mol. The van der Waals surface area contributed by atoms with E-state index in [1.165, 1.54) is 47.1 Å². The molecule has 0 saturated heterocycles. The summed E-state index contributed by atoms with van der Waals surface area (Å²) in [6, 6.07) is 7.44. The van der Waals surface area contributed by atoms with E-state index in [0.29, 0.717) is 0 Å². The standard InChI is InChI=1S/C13H13F2IN2O3S/c1-12(2)8-10(18-21-12)22(19,20)13(14,15)11(17-16)9-6-4-3-5-7-9/h3-7H,8H2,1-2H3. The van der Waals surface area contributed by atoms with Gasteiger partial charge in [-0.15, -0.1) is 0 Å². The summed E-state index contributed by atoms with van der Waals surface area (Å²) in [6.45, 7) is 3.14. The van der Waals surface area contributed by atoms with Gasteiger partial charge < -0.3 is 4.84 Å². The molecule has 5 nitrogen and oxygen atoms in total. The molecule has 1 aromatic carbocycles. The predicted octanol–water partition coefficient (Wildman–Crippen LogP) is 3.35. The van der Waals surface area contributed by atoms with Gasteiger partial charge in [0, 0.05) is 12.0 Å². The molecule has 2 rings (SSSR count). The Morgan fingerprint density at radius 1 is 1.36 bits per heavy atom. The maximum atomic E-state index is 14.6. The van der Waals surface area contributed by atoms with Gasteiger partial charge in [0.05, 0.1) is 22.9 Å². The van der Waals surface area contributed by atoms with Crippen LogP contribution in [0.1, 0.15) is 25.8 Å². The second-order valence-corrected chi connectivity index (χ2v) is 7.81. The summed E-state index contributed by atoms with van der Waals surface area (Å²) in [6.07, 6.45) is -0.214. The Kier molecular flexibility index (Phi) is 4.58. The fraction of sp³-hybridized carbons (Fsp3) is 0.385. The number of alkyl halides is 2. The Labute approximate surface area is 140 Å². The first-order valence-electron chi connectivity index (χ1n) is 6.24. The molecule has 0 radical (unpaired) electrons. The minimum atomic E-state index is -5.01. The minimum absolute atomic E-state index is 0.0317. The molecule has 0 fully saturated rings. The van der Waals surface area contributed by atoms with Crippen molar-refractivity contribution in [2.45, 2.75) is 31.1 Å². The summed E-state index contributed by atoms with van der Waals surface area (Å²) in [5.74, 6) is 0. The van der Waals surface area contributed by atoms with Crippen molar-refractivity contribution in [3.8, 4) is 0 Å². The van der Waals surface area contributed by atoms with Crippen LogP contribution in [0.2, 0.25) is 0 Å². The lowest BCUT2D eigenvalue weighted by atomic mass is 10.1. The lowest BCUT2D eigenvalue weighted by molar-refractivity contribution is 0.0123. The molecule has 0 aliphatic carbocycles. The molecule has 22 heavy (non-hydrogen) atoms. The van der Waals surface area contributed by atoms with Crippen molar-refractivity contribution >= 4 is 43.5 Å². The van der Waals surface area contributed by atoms with Crippen LogP contribution in [0.3, 0.4) is 0 Å². The lowest BCUT2D eigenvalue weighted by Gasteiger charge is -2.19. The zero-order chi connectivity index (χ0) is 16.6. The van der Waals surface area contributed by atoms with Crippen LogP contribution in [0.4, 0.5) is 8.78 Å². The molecule has 0 atom stereocenters. The molecule has 0 N–H and O–H groups in total. The highest BCUT2D eigenvalue weighted by Crippen LogP contribution is 2.35. The summed E-state index contributed by atoms with van der Waals surface area (Å²) >= 11 is 1.36. The van der Waals surface area contributed by atoms with E-state index in [0.717, 1.165) is 0 Å². The molecule has 0 aromatic heterocycles. The highest BCUT2D eigenvalue weighted by molar-refractivity contribution is 14.1. The first-order valence-corrected chi connectivity index (χ1v) is 8.69. The van der Waals surface area contributed by atoms with E-state index < -0.39 is 31.4 Å². The van der Waals surface area contributed by atoms with Crippen LogP contribution in [-0.4, -0.2) is 30.0 Å². The predicted molar refractivity (Wildman–Crippen MR) is 88.1 cm³/mol. The Morgan fingerprint density at radius 3 is 2.41 bits per heavy atom. The van der Waals surface area contributed by atoms with Crippen molar-refractivity contribution in [3.05, 3.63) is 35.9 Å². The zero-order valence-electron chi connectivity index (χ0n) is 11.8. The fourth-order valence-electron chi connectivity index (χ4n) is 1.88. The van der Waals surface area contributed by atoms with Gasteiger partial charge in [-0.2, -0.15) is 8.78 Å². The van der Waals surface area contributed by atoms with Gasteiger partial charge in [-0.3, -0.25) is 0 Å². The van der Waals surface area contributed by atoms with Crippen LogP contribution in [0.5, 0.6) is 0 Å². The van der Waals surface area contributed by atoms with Crippen LogP contribution in [0, 0.1) is 0 Å². The summed E-state index contributed by atoms with van der Waals surface area (Å²) in [4.78, 5) is 4.89. The average molecular weight is 442 g/mol. The molecule has 1 aliphatic rings. The van der Waals surface area contributed by atoms with E-state index in [9.17, 15) is 17.2 Å². The lowest BCUT2D eigenvalue weighted by Crippen LogP contribution is -2.42. The molecule has 1 aliphatic heterocycles. The Balaban J connectivity index is 2.45. The fourth-order valence-corrected chi connectivity index (χ4v) is 4.02. The number of oxime groups is 1. The number of hydrogen-bond acceptors (Lipinski definition) is 5. The minimum Gasteiger partial charge on any atom is -0.389 e. The van der Waals surface area contributed by atoms with Gasteiger partial charge in [0.1, 0.15) is 11.3 Å². The highest BCUT2D eigenvalue weighted by Gasteiger charge is 2.55. The summed E-state index contributed by atoms with van der Waals surface area (Å²) in [7, 11) is -5.01. The van der Waals surface area contributed by atoms with Gasteiger partial charge in [-0.1, -0.05) is 35.5 Å². The SMILES string of the molecule is CC1(C)CC(S(=O)(=O)C(F)(F)C(=NI)c2ccccc2)=NO1. The summed E-state index contributed by atoms with van der Waals surface area (Å²) in [5.41, 5.74) is -1.72. The van der Waals surface area contributed by atoms with E-state index in [-0.39, 0.29) is 12.0 Å². The van der Waals surface area contributed by atoms with Gasteiger partial charge in [0.15, 0.2) is 5.04 Å². The second-order valence-electron chi connectivity index (χ2n) is 5.33. The Hall–Kier alpha value is -1.10. The van der Waals surface area contributed by atoms with Crippen molar-refractivity contribution in [3.63, 3.8) is 0 Å². The molecule has 0 unspecified atom stereocenters. The van der Waals surface area contributed by atoms with E-state index in [1.807, 2.05) is 0 Å². The summed E-state index contributed by atoms with van der Waals surface area (Å²) in [5, 5.41) is -1.54. The van der Waals surface area contributed by atoms with Gasteiger partial charge >= 0.3 is 5.25 Å². The van der Waals surface area contributed by atoms with Crippen molar-refractivity contribution in [2.75, 3.05) is 0 Å². The van der Waals surface area contributed by atoms with Gasteiger partial charge in [-0.25, -0.2) is 11.6 Å². The molecule has 0 spiro atoms. The number of halogens is 3. The zero-order valence-corrected chi connectivity index (χ0v) is 14.7. The summed E-state index contributed by atoms with van der Waals surface area (Å²) < 4.78 is 57.2. The third-order valence-corrected chi connectivity index (χ3v) is 5.22. The molecule has 1 aromatic rings. The van der Waals surface area contributed by atoms with E-state index in [4.69, 9.17) is 4.84 Å². The average Bonchev–Trinajstić information content (AvgIpc) is 2.81. The first-order chi connectivity index (χ1) is 10.1. The van der Waals surface area contributed by atoms with Gasteiger partial charge in [-0.05, 0) is 13.8 Å². The monoisotopic (exact) mass is 442 g/mol. The van der Waals surface area contributed by atoms with Crippen molar-refractivity contribution in [2.24, 2.45) is 8.36 Å². The van der Waals surface area contributed by atoms with Crippen molar-refractivity contribution in [1.82, 2.24) is 0 Å². The largest absolute Gasteiger partial charge is 0.393 e. The molecule has 120 valence electrons. The number of nitrogens with zero attached hydrogens (tertiary/aromatic N) is 2. The molecular formula is C13H13F2IN2O3S. The maximum absolute atomic E-state index is 14.6. The number of sulfone groups is 1. The van der Waals surface area contributed by atoms with E-state index in [2.05, 4.69) is 8.36 Å². The Morgan fingerprint density at radius 2 is 1.95 bits per heavy atom. The molecule has 1 heterocycles. The van der Waals surface area contributed by atoms with Crippen molar-refractivity contribution in [1.29, 1.82) is 0 Å². The van der Waals surface area contributed by atoms with Gasteiger partial charge in [0.2, 0.25) is 0 Å². The molecule has 0 amide bonds. The third kappa shape index (κ3) is 3.00. The highest BCUT2D eigenvalue weighted by atomic mass is 127. The van der Waals surface area contributed by atoms with Crippen LogP contribution in [0.15, 0.2) is 38.7 Å². The van der Waals surface area contributed by atoms with Crippen LogP contribution in [-0.2, 0) is 14.7 Å². The van der Waals surface area contributed by atoms with Crippen LogP contribution < -0.4 is 0 Å². The first kappa shape index (κ1) is 17.3. The third-order valence-electron chi connectivity index (χ3n) is 3.03. The van der Waals surface area contributed by atoms with Crippen LogP contribution in [0.25, 0.3) is 0 Å². The van der Waals surface area contributed by atoms with Crippen LogP contribution >= 0.6 is 22.9 Å². The quantitative estimate of drug-likeness (QED) is 0.533. The topological polar surface area (TPSA) is 68.1 Å².